The van der Waals surface area contributed by atoms with Crippen LogP contribution in [0.25, 0.3) is 0 Å². The fourth-order valence-electron chi connectivity index (χ4n) is 4.07. The summed E-state index contributed by atoms with van der Waals surface area (Å²) in [7, 11) is 2.63. The average Bonchev–Trinajstić information content (AvgIpc) is 3.38. The summed E-state index contributed by atoms with van der Waals surface area (Å²) in [5, 5.41) is 8.79. The minimum Gasteiger partial charge on any atom is -0.347 e. The molecule has 0 aromatic carbocycles. The molecule has 15 nitrogen and oxygen atoms in total. The Bertz CT molecular complexity index is 1270. The minimum absolute atomic E-state index is 0.0984. The number of urea groups is 1. The summed E-state index contributed by atoms with van der Waals surface area (Å²) in [4.78, 5) is 43.1. The Morgan fingerprint density at radius 1 is 1.24 bits per heavy atom. The van der Waals surface area contributed by atoms with Crippen molar-refractivity contribution in [2.45, 2.75) is 12.1 Å². The molecule has 2 aliphatic rings. The molecule has 2 atom stereocenters. The second-order valence-electron chi connectivity index (χ2n) is 7.92. The topological polar surface area (TPSA) is 163 Å². The number of aromatic nitrogens is 4. The molecule has 4 amide bonds. The molecule has 2 aromatic heterocycles. The van der Waals surface area contributed by atoms with E-state index in [2.05, 4.69) is 14.5 Å². The zero-order valence-electron chi connectivity index (χ0n) is 18.4. The van der Waals surface area contributed by atoms with Crippen molar-refractivity contribution in [3.63, 3.8) is 0 Å². The third kappa shape index (κ3) is 3.61. The number of aryl methyl sites for hydroxylation is 2. The molecule has 4 heterocycles. The molecule has 16 heteroatoms. The highest BCUT2D eigenvalue weighted by Crippen LogP contribution is 2.46. The number of hydroxylamine groups is 2. The van der Waals surface area contributed by atoms with E-state index < -0.39 is 40.3 Å². The lowest BCUT2D eigenvalue weighted by Gasteiger charge is -2.32. The first-order valence-corrected chi connectivity index (χ1v) is 11.0. The third-order valence-electron chi connectivity index (χ3n) is 5.56. The van der Waals surface area contributed by atoms with Crippen molar-refractivity contribution in [1.29, 1.82) is 0 Å². The number of rotatable bonds is 5. The largest absolute Gasteiger partial charge is 0.418 e. The molecule has 2 aliphatic heterocycles. The van der Waals surface area contributed by atoms with Gasteiger partial charge in [-0.05, 0) is 0 Å². The molecule has 0 saturated carbocycles. The van der Waals surface area contributed by atoms with Gasteiger partial charge in [0.15, 0.2) is 11.7 Å². The number of anilines is 1. The maximum absolute atomic E-state index is 13.4. The van der Waals surface area contributed by atoms with Gasteiger partial charge in [-0.15, -0.1) is 4.28 Å². The standard InChI is InChI=1S/C17H22N8O7S/c1-20(2)16(27)14-13-11(10-8-24(14)17(28)25(10)32-33(29,30)31)12(19-23(13)5)15(26)22(4)9-6-18-21(3)7-9/h6-7,10,14H,8H2,1-5H3,(H,29,30,31). The SMILES string of the molecule is CN(C)C(=O)C1c2c(c(C(=O)N(C)c3cnn(C)c3)nn2C)C2CN1C(=O)N2OS(=O)(=O)O. The fourth-order valence-corrected chi connectivity index (χ4v) is 4.44. The van der Waals surface area contributed by atoms with E-state index in [1.54, 1.807) is 13.2 Å². The van der Waals surface area contributed by atoms with Crippen LogP contribution in [0.5, 0.6) is 0 Å². The summed E-state index contributed by atoms with van der Waals surface area (Å²) in [5.41, 5.74) is 0.763. The number of carbonyl (C=O) groups is 3. The highest BCUT2D eigenvalue weighted by Gasteiger charge is 2.56. The third-order valence-corrected chi connectivity index (χ3v) is 5.90. The first-order valence-electron chi connectivity index (χ1n) is 9.63. The van der Waals surface area contributed by atoms with Crippen LogP contribution in [0.15, 0.2) is 12.4 Å². The van der Waals surface area contributed by atoms with Crippen molar-refractivity contribution in [3.05, 3.63) is 29.3 Å². The van der Waals surface area contributed by atoms with Crippen LogP contribution in [0.3, 0.4) is 0 Å². The summed E-state index contributed by atoms with van der Waals surface area (Å²) in [6.45, 7) is -0.159. The summed E-state index contributed by atoms with van der Waals surface area (Å²) < 4.78 is 39.4. The van der Waals surface area contributed by atoms with Crippen molar-refractivity contribution in [1.82, 2.24) is 34.4 Å². The van der Waals surface area contributed by atoms with E-state index in [9.17, 15) is 27.4 Å². The van der Waals surface area contributed by atoms with Crippen LogP contribution in [0.1, 0.15) is 33.8 Å². The monoisotopic (exact) mass is 482 g/mol. The molecule has 4 rings (SSSR count). The highest BCUT2D eigenvalue weighted by atomic mass is 32.3. The first-order chi connectivity index (χ1) is 15.3. The van der Waals surface area contributed by atoms with Gasteiger partial charge in [0.05, 0.1) is 24.1 Å². The first kappa shape index (κ1) is 22.7. The smallest absolute Gasteiger partial charge is 0.347 e. The molecule has 1 N–H and O–H groups in total. The van der Waals surface area contributed by atoms with Gasteiger partial charge in [-0.1, -0.05) is 0 Å². The van der Waals surface area contributed by atoms with Crippen LogP contribution in [-0.2, 0) is 33.6 Å². The summed E-state index contributed by atoms with van der Waals surface area (Å²) in [6.07, 6.45) is 3.08. The van der Waals surface area contributed by atoms with Crippen LogP contribution >= 0.6 is 0 Å². The minimum atomic E-state index is -5.07. The molecule has 0 spiro atoms. The number of nitrogens with zero attached hydrogens (tertiary/aromatic N) is 8. The Hall–Kier alpha value is -3.50. The van der Waals surface area contributed by atoms with Crippen molar-refractivity contribution in [2.24, 2.45) is 14.1 Å². The predicted molar refractivity (Wildman–Crippen MR) is 110 cm³/mol. The van der Waals surface area contributed by atoms with Crippen LogP contribution in [0.4, 0.5) is 10.5 Å². The van der Waals surface area contributed by atoms with Crippen molar-refractivity contribution < 1.29 is 31.6 Å². The lowest BCUT2D eigenvalue weighted by atomic mass is 9.94. The second-order valence-corrected chi connectivity index (χ2v) is 8.93. The zero-order chi connectivity index (χ0) is 24.4. The molecule has 0 radical (unpaired) electrons. The van der Waals surface area contributed by atoms with Crippen LogP contribution in [0.2, 0.25) is 0 Å². The van der Waals surface area contributed by atoms with E-state index in [4.69, 9.17) is 0 Å². The van der Waals surface area contributed by atoms with Gasteiger partial charge in [-0.3, -0.25) is 23.5 Å². The normalized spacial score (nSPS) is 19.6. The number of hydrogen-bond acceptors (Lipinski definition) is 8. The number of fused-ring (bicyclic) bond motifs is 4. The summed E-state index contributed by atoms with van der Waals surface area (Å²) in [6, 6.07) is -3.25. The van der Waals surface area contributed by atoms with Gasteiger partial charge in [0.2, 0.25) is 0 Å². The van der Waals surface area contributed by atoms with E-state index in [-0.39, 0.29) is 23.5 Å². The van der Waals surface area contributed by atoms with Crippen molar-refractivity contribution in [3.8, 4) is 0 Å². The van der Waals surface area contributed by atoms with Gasteiger partial charge in [-0.25, -0.2) is 4.79 Å². The Labute approximate surface area is 188 Å². The molecule has 1 fully saturated rings. The molecule has 2 unspecified atom stereocenters. The van der Waals surface area contributed by atoms with Crippen LogP contribution in [-0.4, -0.2) is 92.9 Å². The van der Waals surface area contributed by atoms with Crippen molar-refractivity contribution in [2.75, 3.05) is 32.6 Å². The average molecular weight is 482 g/mol. The summed E-state index contributed by atoms with van der Waals surface area (Å²) in [5.74, 6) is -1.06. The van der Waals surface area contributed by atoms with Crippen LogP contribution in [0, 0.1) is 0 Å². The number of hydrogen-bond donors (Lipinski definition) is 1. The molecule has 178 valence electrons. The van der Waals surface area contributed by atoms with Crippen molar-refractivity contribution >= 4 is 33.9 Å². The predicted octanol–water partition coefficient (Wildman–Crippen LogP) is -0.914. The lowest BCUT2D eigenvalue weighted by molar-refractivity contribution is -0.134. The molecule has 0 aliphatic carbocycles. The Kier molecular flexibility index (Phi) is 5.18. The quantitative estimate of drug-likeness (QED) is 0.531. The second kappa shape index (κ2) is 7.53. The van der Waals surface area contributed by atoms with E-state index in [1.165, 1.54) is 53.6 Å². The molecular weight excluding hydrogens is 460 g/mol. The van der Waals surface area contributed by atoms with Gasteiger partial charge < -0.3 is 14.7 Å². The van der Waals surface area contributed by atoms with E-state index >= 15 is 0 Å². The number of likely N-dealkylation sites (N-methyl/N-ethyl adjacent to an activating group) is 1. The number of amides is 4. The van der Waals surface area contributed by atoms with E-state index in [0.717, 1.165) is 4.90 Å². The molecule has 2 bridgehead atoms. The molecule has 1 saturated heterocycles. The molecule has 2 aromatic rings. The Balaban J connectivity index is 1.88. The van der Waals surface area contributed by atoms with Gasteiger partial charge in [0.1, 0.15) is 6.04 Å². The van der Waals surface area contributed by atoms with E-state index in [0.29, 0.717) is 10.8 Å². The van der Waals surface area contributed by atoms with Gasteiger partial charge in [0, 0.05) is 47.0 Å². The van der Waals surface area contributed by atoms with Gasteiger partial charge >= 0.3 is 16.4 Å². The zero-order valence-corrected chi connectivity index (χ0v) is 19.2. The van der Waals surface area contributed by atoms with Gasteiger partial charge in [-0.2, -0.15) is 23.7 Å². The maximum Gasteiger partial charge on any atom is 0.418 e. The van der Waals surface area contributed by atoms with E-state index in [1.807, 2.05) is 0 Å². The van der Waals surface area contributed by atoms with Gasteiger partial charge in [0.25, 0.3) is 11.8 Å². The maximum atomic E-state index is 13.4. The fraction of sp³-hybridized carbons (Fsp3) is 0.471. The Morgan fingerprint density at radius 3 is 2.45 bits per heavy atom. The molecular formula is C17H22N8O7S. The lowest BCUT2D eigenvalue weighted by Crippen LogP contribution is -2.44. The molecule has 33 heavy (non-hydrogen) atoms. The number of carbonyl (C=O) groups excluding carboxylic acids is 3. The van der Waals surface area contributed by atoms with Crippen LogP contribution < -0.4 is 4.90 Å². The highest BCUT2D eigenvalue weighted by molar-refractivity contribution is 7.80. The summed E-state index contributed by atoms with van der Waals surface area (Å²) >= 11 is 0. The Morgan fingerprint density at radius 2 is 1.91 bits per heavy atom.